The third kappa shape index (κ3) is 2.62. The molecule has 1 aliphatic rings. The maximum Gasteiger partial charge on any atom is 0.132 e. The van der Waals surface area contributed by atoms with E-state index in [4.69, 9.17) is 0 Å². The van der Waals surface area contributed by atoms with E-state index in [0.717, 1.165) is 30.4 Å². The van der Waals surface area contributed by atoms with Crippen molar-refractivity contribution in [3.63, 3.8) is 0 Å². The molecule has 0 saturated heterocycles. The van der Waals surface area contributed by atoms with Gasteiger partial charge in [0.15, 0.2) is 0 Å². The number of nitrogens with zero attached hydrogens (tertiary/aromatic N) is 2. The number of nitrogens with one attached hydrogen (secondary N) is 2. The average molecular weight is 220 g/mol. The first kappa shape index (κ1) is 11.2. The van der Waals surface area contributed by atoms with Crippen LogP contribution in [-0.4, -0.2) is 23.6 Å². The van der Waals surface area contributed by atoms with Crippen LogP contribution in [0.4, 0.5) is 11.6 Å². The van der Waals surface area contributed by atoms with Gasteiger partial charge in [-0.2, -0.15) is 0 Å². The predicted molar refractivity (Wildman–Crippen MR) is 66.8 cm³/mol. The first-order valence-corrected chi connectivity index (χ1v) is 5.95. The van der Waals surface area contributed by atoms with Gasteiger partial charge in [0.1, 0.15) is 17.5 Å². The highest BCUT2D eigenvalue weighted by Crippen LogP contribution is 2.44. The first-order chi connectivity index (χ1) is 7.65. The lowest BCUT2D eigenvalue weighted by Gasteiger charge is -2.12. The van der Waals surface area contributed by atoms with Crippen LogP contribution in [0.1, 0.15) is 32.5 Å². The number of rotatable bonds is 5. The van der Waals surface area contributed by atoms with Gasteiger partial charge in [-0.1, -0.05) is 13.8 Å². The van der Waals surface area contributed by atoms with Gasteiger partial charge in [-0.05, 0) is 18.3 Å². The molecule has 1 fully saturated rings. The van der Waals surface area contributed by atoms with E-state index in [9.17, 15) is 0 Å². The van der Waals surface area contributed by atoms with Gasteiger partial charge >= 0.3 is 0 Å². The Labute approximate surface area is 96.9 Å². The van der Waals surface area contributed by atoms with E-state index in [0.29, 0.717) is 5.41 Å². The van der Waals surface area contributed by atoms with E-state index in [2.05, 4.69) is 34.4 Å². The Morgan fingerprint density at radius 3 is 2.56 bits per heavy atom. The van der Waals surface area contributed by atoms with Crippen molar-refractivity contribution in [2.24, 2.45) is 5.41 Å². The molecule has 0 radical (unpaired) electrons. The molecule has 16 heavy (non-hydrogen) atoms. The molecule has 2 N–H and O–H groups in total. The summed E-state index contributed by atoms with van der Waals surface area (Å²) in [5, 5.41) is 6.47. The average Bonchev–Trinajstić information content (AvgIpc) is 3.05. The van der Waals surface area contributed by atoms with E-state index in [1.165, 1.54) is 12.8 Å². The second-order valence-corrected chi connectivity index (χ2v) is 4.82. The minimum absolute atomic E-state index is 0.497. The molecule has 88 valence electrons. The molecule has 4 heteroatoms. The van der Waals surface area contributed by atoms with Crippen molar-refractivity contribution < 1.29 is 0 Å². The zero-order valence-corrected chi connectivity index (χ0v) is 10.3. The zero-order chi connectivity index (χ0) is 11.6. The Hall–Kier alpha value is -1.32. The zero-order valence-electron chi connectivity index (χ0n) is 10.3. The highest BCUT2D eigenvalue weighted by atomic mass is 15.1. The van der Waals surface area contributed by atoms with E-state index in [-0.39, 0.29) is 0 Å². The number of hydrogen-bond acceptors (Lipinski definition) is 4. The molecule has 0 aliphatic heterocycles. The normalized spacial score (nSPS) is 16.9. The van der Waals surface area contributed by atoms with Gasteiger partial charge in [-0.3, -0.25) is 0 Å². The van der Waals surface area contributed by atoms with Crippen LogP contribution in [0, 0.1) is 5.41 Å². The summed E-state index contributed by atoms with van der Waals surface area (Å²) in [7, 11) is 1.88. The molecule has 0 atom stereocenters. The molecular weight excluding hydrogens is 200 g/mol. The SMILES string of the molecule is CCc1nc(NC)cc(NCC2(C)CC2)n1. The van der Waals surface area contributed by atoms with Crippen molar-refractivity contribution >= 4 is 11.6 Å². The minimum Gasteiger partial charge on any atom is -0.373 e. The van der Waals surface area contributed by atoms with Crippen molar-refractivity contribution in [2.75, 3.05) is 24.2 Å². The van der Waals surface area contributed by atoms with Gasteiger partial charge in [-0.15, -0.1) is 0 Å². The number of aryl methyl sites for hydroxylation is 1. The molecule has 1 heterocycles. The monoisotopic (exact) mass is 220 g/mol. The van der Waals surface area contributed by atoms with Crippen LogP contribution in [0.25, 0.3) is 0 Å². The fourth-order valence-corrected chi connectivity index (χ4v) is 1.57. The summed E-state index contributed by atoms with van der Waals surface area (Å²) in [6, 6.07) is 1.96. The van der Waals surface area contributed by atoms with Crippen molar-refractivity contribution in [3.05, 3.63) is 11.9 Å². The Bertz CT molecular complexity index is 349. The summed E-state index contributed by atoms with van der Waals surface area (Å²) >= 11 is 0. The number of anilines is 2. The molecule has 0 amide bonds. The molecule has 0 aromatic carbocycles. The molecule has 1 saturated carbocycles. The second-order valence-electron chi connectivity index (χ2n) is 4.82. The van der Waals surface area contributed by atoms with Crippen LogP contribution in [-0.2, 0) is 6.42 Å². The fraction of sp³-hybridized carbons (Fsp3) is 0.667. The summed E-state index contributed by atoms with van der Waals surface area (Å²) in [6.45, 7) is 5.39. The predicted octanol–water partition coefficient (Wildman–Crippen LogP) is 2.29. The van der Waals surface area contributed by atoms with Crippen LogP contribution in [0.5, 0.6) is 0 Å². The second kappa shape index (κ2) is 4.28. The van der Waals surface area contributed by atoms with Crippen LogP contribution in [0.2, 0.25) is 0 Å². The van der Waals surface area contributed by atoms with Crippen LogP contribution >= 0.6 is 0 Å². The molecular formula is C12H20N4. The number of aromatic nitrogens is 2. The highest BCUT2D eigenvalue weighted by Gasteiger charge is 2.36. The summed E-state index contributed by atoms with van der Waals surface area (Å²) in [4.78, 5) is 8.84. The Morgan fingerprint density at radius 2 is 2.00 bits per heavy atom. The lowest BCUT2D eigenvalue weighted by atomic mass is 10.1. The fourth-order valence-electron chi connectivity index (χ4n) is 1.57. The topological polar surface area (TPSA) is 49.8 Å². The summed E-state index contributed by atoms with van der Waals surface area (Å²) in [5.74, 6) is 2.70. The van der Waals surface area contributed by atoms with Gasteiger partial charge in [0.25, 0.3) is 0 Å². The van der Waals surface area contributed by atoms with Crippen molar-refractivity contribution in [3.8, 4) is 0 Å². The van der Waals surface area contributed by atoms with Crippen LogP contribution < -0.4 is 10.6 Å². The van der Waals surface area contributed by atoms with Gasteiger partial charge < -0.3 is 10.6 Å². The van der Waals surface area contributed by atoms with Crippen molar-refractivity contribution in [1.29, 1.82) is 0 Å². The Morgan fingerprint density at radius 1 is 1.31 bits per heavy atom. The van der Waals surface area contributed by atoms with Gasteiger partial charge in [0.05, 0.1) is 0 Å². The van der Waals surface area contributed by atoms with Gasteiger partial charge in [0.2, 0.25) is 0 Å². The number of hydrogen-bond donors (Lipinski definition) is 2. The van der Waals surface area contributed by atoms with E-state index < -0.39 is 0 Å². The molecule has 4 nitrogen and oxygen atoms in total. The lowest BCUT2D eigenvalue weighted by molar-refractivity contribution is 0.609. The van der Waals surface area contributed by atoms with Crippen LogP contribution in [0.15, 0.2) is 6.07 Å². The molecule has 1 aromatic heterocycles. The van der Waals surface area contributed by atoms with Gasteiger partial charge in [0, 0.05) is 26.1 Å². The van der Waals surface area contributed by atoms with Crippen molar-refractivity contribution in [2.45, 2.75) is 33.1 Å². The van der Waals surface area contributed by atoms with Crippen LogP contribution in [0.3, 0.4) is 0 Å². The largest absolute Gasteiger partial charge is 0.373 e. The minimum atomic E-state index is 0.497. The smallest absolute Gasteiger partial charge is 0.132 e. The third-order valence-corrected chi connectivity index (χ3v) is 3.14. The summed E-state index contributed by atoms with van der Waals surface area (Å²) in [6.07, 6.45) is 3.51. The van der Waals surface area contributed by atoms with E-state index in [1.54, 1.807) is 0 Å². The molecule has 0 unspecified atom stereocenters. The summed E-state index contributed by atoms with van der Waals surface area (Å²) in [5.41, 5.74) is 0.497. The van der Waals surface area contributed by atoms with Gasteiger partial charge in [-0.25, -0.2) is 9.97 Å². The standard InChI is InChI=1S/C12H20N4/c1-4-9-15-10(13-3)7-11(16-9)14-8-12(2)5-6-12/h7H,4-6,8H2,1-3H3,(H2,13,14,15,16). The molecule has 0 spiro atoms. The maximum atomic E-state index is 4.47. The molecule has 0 bridgehead atoms. The quantitative estimate of drug-likeness (QED) is 0.799. The third-order valence-electron chi connectivity index (χ3n) is 3.14. The molecule has 1 aliphatic carbocycles. The molecule has 1 aromatic rings. The Balaban J connectivity index is 2.06. The van der Waals surface area contributed by atoms with E-state index >= 15 is 0 Å². The van der Waals surface area contributed by atoms with Crippen molar-refractivity contribution in [1.82, 2.24) is 9.97 Å². The lowest BCUT2D eigenvalue weighted by Crippen LogP contribution is -2.14. The maximum absolute atomic E-state index is 4.47. The van der Waals surface area contributed by atoms with E-state index in [1.807, 2.05) is 13.1 Å². The summed E-state index contributed by atoms with van der Waals surface area (Å²) < 4.78 is 0. The Kier molecular flexibility index (Phi) is 2.99. The highest BCUT2D eigenvalue weighted by molar-refractivity contribution is 5.47. The first-order valence-electron chi connectivity index (χ1n) is 5.95. The molecule has 2 rings (SSSR count).